The molecule has 2 aliphatic rings. The lowest BCUT2D eigenvalue weighted by molar-refractivity contribution is -0.116. The highest BCUT2D eigenvalue weighted by molar-refractivity contribution is 7.98. The van der Waals surface area contributed by atoms with Crippen LogP contribution in [0, 0.1) is 0 Å². The maximum atomic E-state index is 12.8. The Balaban J connectivity index is 1.98. The van der Waals surface area contributed by atoms with Crippen molar-refractivity contribution >= 4 is 35.0 Å². The molecule has 7 heteroatoms. The largest absolute Gasteiger partial charge is 0.343 e. The van der Waals surface area contributed by atoms with Crippen LogP contribution in [0.1, 0.15) is 36.3 Å². The zero-order valence-electron chi connectivity index (χ0n) is 13.6. The van der Waals surface area contributed by atoms with Gasteiger partial charge in [-0.1, -0.05) is 35.5 Å². The smallest absolute Gasteiger partial charge is 0.257 e. The summed E-state index contributed by atoms with van der Waals surface area (Å²) < 4.78 is 0. The van der Waals surface area contributed by atoms with Crippen molar-refractivity contribution in [3.8, 4) is 0 Å². The zero-order chi connectivity index (χ0) is 17.6. The fourth-order valence-corrected chi connectivity index (χ4v) is 4.03. The Hall–Kier alpha value is -2.05. The minimum absolute atomic E-state index is 0.0905. The van der Waals surface area contributed by atoms with Gasteiger partial charge < -0.3 is 10.3 Å². The highest BCUT2D eigenvalue weighted by atomic mass is 35.5. The lowest BCUT2D eigenvalue weighted by Gasteiger charge is -2.32. The SMILES string of the molecule is CSc1nc2c(c(=O)[nH]1)[C@H](c1ccc(Cl)cc1)C1=C(CCCC1=O)N2. The van der Waals surface area contributed by atoms with Crippen LogP contribution in [0.2, 0.25) is 5.02 Å². The Morgan fingerprint density at radius 1 is 1.20 bits per heavy atom. The number of benzene rings is 1. The Labute approximate surface area is 153 Å². The fourth-order valence-electron chi connectivity index (χ4n) is 3.53. The van der Waals surface area contributed by atoms with E-state index in [1.807, 2.05) is 18.4 Å². The average molecular weight is 374 g/mol. The Morgan fingerprint density at radius 2 is 1.96 bits per heavy atom. The van der Waals surface area contributed by atoms with Crippen molar-refractivity contribution in [1.82, 2.24) is 9.97 Å². The van der Waals surface area contributed by atoms with Gasteiger partial charge in [0.1, 0.15) is 5.82 Å². The molecule has 25 heavy (non-hydrogen) atoms. The summed E-state index contributed by atoms with van der Waals surface area (Å²) in [5, 5.41) is 4.41. The van der Waals surface area contributed by atoms with Crippen LogP contribution in [0.4, 0.5) is 5.82 Å². The van der Waals surface area contributed by atoms with Crippen LogP contribution in [0.25, 0.3) is 0 Å². The second-order valence-electron chi connectivity index (χ2n) is 6.12. The topological polar surface area (TPSA) is 74.8 Å². The molecule has 0 saturated carbocycles. The van der Waals surface area contributed by atoms with Gasteiger partial charge in [0, 0.05) is 28.6 Å². The molecular formula is C18H16ClN3O2S. The van der Waals surface area contributed by atoms with E-state index in [4.69, 9.17) is 11.6 Å². The van der Waals surface area contributed by atoms with Crippen molar-refractivity contribution < 1.29 is 4.79 Å². The lowest BCUT2D eigenvalue weighted by atomic mass is 9.76. The number of fused-ring (bicyclic) bond motifs is 1. The maximum absolute atomic E-state index is 12.8. The molecule has 1 aromatic heterocycles. The number of hydrogen-bond donors (Lipinski definition) is 2. The number of halogens is 1. The quantitative estimate of drug-likeness (QED) is 0.620. The Morgan fingerprint density at radius 3 is 2.68 bits per heavy atom. The number of aromatic nitrogens is 2. The van der Waals surface area contributed by atoms with Crippen molar-refractivity contribution in [2.45, 2.75) is 30.3 Å². The number of hydrogen-bond acceptors (Lipinski definition) is 5. The second kappa shape index (κ2) is 6.35. The van der Waals surface area contributed by atoms with E-state index in [1.165, 1.54) is 11.8 Å². The highest BCUT2D eigenvalue weighted by Crippen LogP contribution is 2.43. The van der Waals surface area contributed by atoms with Crippen LogP contribution in [0.15, 0.2) is 45.5 Å². The summed E-state index contributed by atoms with van der Waals surface area (Å²) in [4.78, 5) is 32.8. The molecule has 0 fully saturated rings. The number of rotatable bonds is 2. The number of carbonyl (C=O) groups excluding carboxylic acids is 1. The first-order valence-corrected chi connectivity index (χ1v) is 9.65. The van der Waals surface area contributed by atoms with Gasteiger partial charge in [0.05, 0.1) is 5.56 Å². The van der Waals surface area contributed by atoms with Crippen LogP contribution in [-0.4, -0.2) is 22.0 Å². The van der Waals surface area contributed by atoms with Crippen molar-refractivity contribution in [1.29, 1.82) is 0 Å². The van der Waals surface area contributed by atoms with Gasteiger partial charge >= 0.3 is 0 Å². The average Bonchev–Trinajstić information content (AvgIpc) is 2.61. The first-order chi connectivity index (χ1) is 12.1. The molecule has 0 amide bonds. The van der Waals surface area contributed by atoms with E-state index in [-0.39, 0.29) is 11.3 Å². The van der Waals surface area contributed by atoms with Crippen LogP contribution in [-0.2, 0) is 4.79 Å². The Bertz CT molecular complexity index is 950. The van der Waals surface area contributed by atoms with Gasteiger partial charge in [0.2, 0.25) is 0 Å². The zero-order valence-corrected chi connectivity index (χ0v) is 15.1. The minimum Gasteiger partial charge on any atom is -0.343 e. The Kier molecular flexibility index (Phi) is 4.17. The lowest BCUT2D eigenvalue weighted by Crippen LogP contribution is -2.32. The number of anilines is 1. The molecule has 2 aromatic rings. The summed E-state index contributed by atoms with van der Waals surface area (Å²) in [5.41, 5.74) is 2.72. The van der Waals surface area contributed by atoms with Crippen molar-refractivity contribution in [3.63, 3.8) is 0 Å². The maximum Gasteiger partial charge on any atom is 0.257 e. The first-order valence-electron chi connectivity index (χ1n) is 8.05. The van der Waals surface area contributed by atoms with E-state index in [0.29, 0.717) is 33.6 Å². The molecule has 0 radical (unpaired) electrons. The van der Waals surface area contributed by atoms with Gasteiger partial charge in [-0.05, 0) is 36.8 Å². The molecule has 2 heterocycles. The third-order valence-corrected chi connectivity index (χ3v) is 5.47. The van der Waals surface area contributed by atoms with Gasteiger partial charge in [0.25, 0.3) is 5.56 Å². The third-order valence-electron chi connectivity index (χ3n) is 4.63. The minimum atomic E-state index is -0.413. The van der Waals surface area contributed by atoms with Gasteiger partial charge in [-0.3, -0.25) is 9.59 Å². The molecule has 0 bridgehead atoms. The highest BCUT2D eigenvalue weighted by Gasteiger charge is 2.37. The van der Waals surface area contributed by atoms with Crippen LogP contribution < -0.4 is 10.9 Å². The molecule has 1 aliphatic heterocycles. The molecule has 0 spiro atoms. The number of aromatic amines is 1. The van der Waals surface area contributed by atoms with Gasteiger partial charge in [-0.25, -0.2) is 4.98 Å². The van der Waals surface area contributed by atoms with E-state index >= 15 is 0 Å². The number of carbonyl (C=O) groups is 1. The van der Waals surface area contributed by atoms with Gasteiger partial charge in [0.15, 0.2) is 10.9 Å². The predicted molar refractivity (Wildman–Crippen MR) is 99.4 cm³/mol. The van der Waals surface area contributed by atoms with E-state index in [2.05, 4.69) is 15.3 Å². The number of Topliss-reactive ketones (excluding diaryl/α,β-unsaturated/α-hetero) is 1. The summed E-state index contributed by atoms with van der Waals surface area (Å²) in [6.07, 6.45) is 3.97. The summed E-state index contributed by atoms with van der Waals surface area (Å²) in [5.74, 6) is 0.220. The van der Waals surface area contributed by atoms with E-state index in [0.717, 1.165) is 24.1 Å². The van der Waals surface area contributed by atoms with Crippen LogP contribution in [0.5, 0.6) is 0 Å². The van der Waals surface area contributed by atoms with Crippen molar-refractivity contribution in [3.05, 3.63) is 62.0 Å². The molecule has 1 atom stereocenters. The monoisotopic (exact) mass is 373 g/mol. The van der Waals surface area contributed by atoms with Gasteiger partial charge in [-0.15, -0.1) is 0 Å². The van der Waals surface area contributed by atoms with E-state index < -0.39 is 5.92 Å². The number of allylic oxidation sites excluding steroid dienone is 2. The number of thioether (sulfide) groups is 1. The molecule has 4 rings (SSSR count). The predicted octanol–water partition coefficient (Wildman–Crippen LogP) is 3.71. The number of H-pyrrole nitrogens is 1. The number of nitrogens with zero attached hydrogens (tertiary/aromatic N) is 1. The first kappa shape index (κ1) is 16.4. The molecule has 0 saturated heterocycles. The second-order valence-corrected chi connectivity index (χ2v) is 7.35. The van der Waals surface area contributed by atoms with Crippen molar-refractivity contribution in [2.24, 2.45) is 0 Å². The van der Waals surface area contributed by atoms with Crippen LogP contribution in [0.3, 0.4) is 0 Å². The number of nitrogens with one attached hydrogen (secondary N) is 2. The molecular weight excluding hydrogens is 358 g/mol. The molecule has 5 nitrogen and oxygen atoms in total. The standard InChI is InChI=1S/C18H16ClN3O2S/c1-25-18-21-16-15(17(24)22-18)13(9-5-7-10(19)8-6-9)14-11(20-16)3-2-4-12(14)23/h5-8,13H,2-4H2,1H3,(H2,20,21,22,24)/t13-/m1/s1. The number of ketones is 1. The molecule has 1 aliphatic carbocycles. The van der Waals surface area contributed by atoms with Gasteiger partial charge in [-0.2, -0.15) is 0 Å². The summed E-state index contributed by atoms with van der Waals surface area (Å²) in [7, 11) is 0. The van der Waals surface area contributed by atoms with E-state index in [1.54, 1.807) is 12.1 Å². The molecule has 1 aromatic carbocycles. The summed E-state index contributed by atoms with van der Waals surface area (Å²) in [6.45, 7) is 0. The van der Waals surface area contributed by atoms with E-state index in [9.17, 15) is 9.59 Å². The van der Waals surface area contributed by atoms with Crippen molar-refractivity contribution in [2.75, 3.05) is 11.6 Å². The normalized spacial score (nSPS) is 19.3. The van der Waals surface area contributed by atoms with Crippen LogP contribution >= 0.6 is 23.4 Å². The fraction of sp³-hybridized carbons (Fsp3) is 0.278. The molecule has 128 valence electrons. The molecule has 0 unspecified atom stereocenters. The summed E-state index contributed by atoms with van der Waals surface area (Å²) >= 11 is 7.39. The summed E-state index contributed by atoms with van der Waals surface area (Å²) in [6, 6.07) is 7.31. The third kappa shape index (κ3) is 2.79. The molecule has 2 N–H and O–H groups in total.